The van der Waals surface area contributed by atoms with Crippen LogP contribution in [0.4, 0.5) is 0 Å². The number of amides is 1. The lowest BCUT2D eigenvalue weighted by atomic mass is 10.00. The quantitative estimate of drug-likeness (QED) is 0.773. The Labute approximate surface area is 139 Å². The summed E-state index contributed by atoms with van der Waals surface area (Å²) in [4.78, 5) is 14.6. The van der Waals surface area contributed by atoms with E-state index >= 15 is 0 Å². The zero-order chi connectivity index (χ0) is 16.4. The first-order chi connectivity index (χ1) is 11.8. The molecule has 122 valence electrons. The van der Waals surface area contributed by atoms with E-state index in [-0.39, 0.29) is 5.91 Å². The van der Waals surface area contributed by atoms with Crippen LogP contribution in [-0.2, 0) is 13.0 Å². The third kappa shape index (κ3) is 2.98. The number of aromatic nitrogens is 4. The Bertz CT molecular complexity index is 874. The second kappa shape index (κ2) is 6.37. The molecule has 7 heteroatoms. The van der Waals surface area contributed by atoms with Crippen molar-refractivity contribution in [1.82, 2.24) is 30.3 Å². The van der Waals surface area contributed by atoms with Gasteiger partial charge < -0.3 is 5.32 Å². The Hall–Kier alpha value is -2.80. The molecule has 0 fully saturated rings. The lowest BCUT2D eigenvalue weighted by molar-refractivity contribution is 0.0947. The maximum Gasteiger partial charge on any atom is 0.251 e. The fourth-order valence-electron chi connectivity index (χ4n) is 3.06. The minimum absolute atomic E-state index is 0.0992. The zero-order valence-corrected chi connectivity index (χ0v) is 13.2. The van der Waals surface area contributed by atoms with E-state index in [0.29, 0.717) is 17.8 Å². The molecule has 3 heterocycles. The summed E-state index contributed by atoms with van der Waals surface area (Å²) in [6.07, 6.45) is 2.76. The predicted octanol–water partition coefficient (Wildman–Crippen LogP) is 0.912. The number of nitrogens with one attached hydrogen (secondary N) is 1. The van der Waals surface area contributed by atoms with Crippen molar-refractivity contribution in [2.24, 2.45) is 0 Å². The molecule has 3 aromatic rings. The lowest BCUT2D eigenvalue weighted by Crippen LogP contribution is -2.37. The summed E-state index contributed by atoms with van der Waals surface area (Å²) in [5.74, 6) is -0.0992. The minimum atomic E-state index is -0.0992. The Morgan fingerprint density at radius 1 is 1.21 bits per heavy atom. The van der Waals surface area contributed by atoms with Crippen LogP contribution in [0, 0.1) is 0 Å². The first-order valence-electron chi connectivity index (χ1n) is 8.05. The second-order valence-corrected chi connectivity index (χ2v) is 5.95. The van der Waals surface area contributed by atoms with Crippen LogP contribution < -0.4 is 5.32 Å². The van der Waals surface area contributed by atoms with Crippen molar-refractivity contribution in [2.75, 3.05) is 19.6 Å². The van der Waals surface area contributed by atoms with Gasteiger partial charge in [0.05, 0.1) is 0 Å². The number of fused-ring (bicyclic) bond motifs is 2. The van der Waals surface area contributed by atoms with Crippen LogP contribution in [0.2, 0.25) is 0 Å². The summed E-state index contributed by atoms with van der Waals surface area (Å²) >= 11 is 0. The summed E-state index contributed by atoms with van der Waals surface area (Å²) in [7, 11) is 0. The first-order valence-corrected chi connectivity index (χ1v) is 8.05. The van der Waals surface area contributed by atoms with Crippen LogP contribution in [0.25, 0.3) is 5.65 Å². The zero-order valence-electron chi connectivity index (χ0n) is 13.2. The molecule has 2 aromatic heterocycles. The molecule has 1 aliphatic rings. The van der Waals surface area contributed by atoms with E-state index in [1.54, 1.807) is 18.3 Å². The molecular weight excluding hydrogens is 304 g/mol. The highest BCUT2D eigenvalue weighted by atomic mass is 16.1. The van der Waals surface area contributed by atoms with Crippen molar-refractivity contribution in [3.8, 4) is 0 Å². The van der Waals surface area contributed by atoms with Gasteiger partial charge in [-0.25, -0.2) is 4.52 Å². The monoisotopic (exact) mass is 322 g/mol. The van der Waals surface area contributed by atoms with Crippen molar-refractivity contribution < 1.29 is 4.79 Å². The van der Waals surface area contributed by atoms with Gasteiger partial charge in [0.15, 0.2) is 5.65 Å². The van der Waals surface area contributed by atoms with Crippen LogP contribution in [0.5, 0.6) is 0 Å². The number of pyridine rings is 1. The Morgan fingerprint density at radius 2 is 2.08 bits per heavy atom. The van der Waals surface area contributed by atoms with Crippen LogP contribution in [0.15, 0.2) is 42.6 Å². The topological polar surface area (TPSA) is 75.4 Å². The second-order valence-electron chi connectivity index (χ2n) is 5.95. The molecule has 1 amide bonds. The van der Waals surface area contributed by atoms with Crippen molar-refractivity contribution in [3.63, 3.8) is 0 Å². The molecule has 1 aromatic carbocycles. The van der Waals surface area contributed by atoms with Gasteiger partial charge >= 0.3 is 0 Å². The van der Waals surface area contributed by atoms with E-state index in [4.69, 9.17) is 0 Å². The molecule has 0 aliphatic carbocycles. The molecule has 24 heavy (non-hydrogen) atoms. The normalized spacial score (nSPS) is 14.5. The van der Waals surface area contributed by atoms with Crippen LogP contribution >= 0.6 is 0 Å². The summed E-state index contributed by atoms with van der Waals surface area (Å²) in [5.41, 5.74) is 3.96. The number of rotatable bonds is 4. The van der Waals surface area contributed by atoms with Gasteiger partial charge in [-0.3, -0.25) is 9.69 Å². The average Bonchev–Trinajstić information content (AvgIpc) is 3.09. The number of carbonyl (C=O) groups is 1. The molecule has 0 radical (unpaired) electrons. The molecule has 4 rings (SSSR count). The van der Waals surface area contributed by atoms with Gasteiger partial charge in [-0.15, -0.1) is 5.10 Å². The SMILES string of the molecule is O=C(NCCN1CCc2ccccc2C1)c1ccn2nnnc2c1. The van der Waals surface area contributed by atoms with E-state index in [2.05, 4.69) is 50.0 Å². The molecule has 7 nitrogen and oxygen atoms in total. The van der Waals surface area contributed by atoms with Crippen molar-refractivity contribution in [3.05, 3.63) is 59.3 Å². The van der Waals surface area contributed by atoms with Crippen LogP contribution in [0.3, 0.4) is 0 Å². The maximum absolute atomic E-state index is 12.2. The van der Waals surface area contributed by atoms with Gasteiger partial charge in [0, 0.05) is 37.9 Å². The molecule has 0 saturated heterocycles. The predicted molar refractivity (Wildman–Crippen MR) is 88.5 cm³/mol. The number of hydrogen-bond acceptors (Lipinski definition) is 5. The van der Waals surface area contributed by atoms with Crippen molar-refractivity contribution in [1.29, 1.82) is 0 Å². The number of hydrogen-bond donors (Lipinski definition) is 1. The van der Waals surface area contributed by atoms with Gasteiger partial charge in [0.1, 0.15) is 0 Å². The number of tetrazole rings is 1. The molecule has 0 saturated carbocycles. The van der Waals surface area contributed by atoms with E-state index in [1.807, 2.05) is 0 Å². The van der Waals surface area contributed by atoms with Gasteiger partial charge in [0.25, 0.3) is 5.91 Å². The third-order valence-corrected chi connectivity index (χ3v) is 4.38. The Kier molecular flexibility index (Phi) is 3.92. The average molecular weight is 322 g/mol. The molecule has 1 aliphatic heterocycles. The molecule has 0 atom stereocenters. The van der Waals surface area contributed by atoms with Crippen molar-refractivity contribution in [2.45, 2.75) is 13.0 Å². The number of benzene rings is 1. The van der Waals surface area contributed by atoms with Crippen LogP contribution in [0.1, 0.15) is 21.5 Å². The molecule has 0 spiro atoms. The minimum Gasteiger partial charge on any atom is -0.351 e. The standard InChI is InChI=1S/C17H18N6O/c24-17(14-6-9-23-16(11-14)19-20-21-23)18-7-10-22-8-5-13-3-1-2-4-15(13)12-22/h1-4,6,9,11H,5,7-8,10,12H2,(H,18,24). The molecule has 0 unspecified atom stereocenters. The lowest BCUT2D eigenvalue weighted by Gasteiger charge is -2.28. The molecular formula is C17H18N6O. The summed E-state index contributed by atoms with van der Waals surface area (Å²) in [5, 5.41) is 14.2. The fourth-order valence-corrected chi connectivity index (χ4v) is 3.06. The van der Waals surface area contributed by atoms with Crippen molar-refractivity contribution >= 4 is 11.6 Å². The first kappa shape index (κ1) is 14.8. The fraction of sp³-hybridized carbons (Fsp3) is 0.294. The van der Waals surface area contributed by atoms with Crippen LogP contribution in [-0.4, -0.2) is 50.5 Å². The highest BCUT2D eigenvalue weighted by Gasteiger charge is 2.15. The summed E-state index contributed by atoms with van der Waals surface area (Å²) in [6, 6.07) is 12.0. The maximum atomic E-state index is 12.2. The summed E-state index contributed by atoms with van der Waals surface area (Å²) < 4.78 is 1.53. The van der Waals surface area contributed by atoms with E-state index < -0.39 is 0 Å². The molecule has 0 bridgehead atoms. The van der Waals surface area contributed by atoms with E-state index in [0.717, 1.165) is 26.1 Å². The van der Waals surface area contributed by atoms with E-state index in [1.165, 1.54) is 15.6 Å². The van der Waals surface area contributed by atoms with Gasteiger partial charge in [0.2, 0.25) is 0 Å². The highest BCUT2D eigenvalue weighted by Crippen LogP contribution is 2.17. The Morgan fingerprint density at radius 3 is 3.00 bits per heavy atom. The summed E-state index contributed by atoms with van der Waals surface area (Å²) in [6.45, 7) is 3.44. The van der Waals surface area contributed by atoms with Gasteiger partial charge in [-0.05, 0) is 40.1 Å². The largest absolute Gasteiger partial charge is 0.351 e. The highest BCUT2D eigenvalue weighted by molar-refractivity contribution is 5.94. The smallest absolute Gasteiger partial charge is 0.251 e. The number of nitrogens with zero attached hydrogens (tertiary/aromatic N) is 5. The van der Waals surface area contributed by atoms with E-state index in [9.17, 15) is 4.79 Å². The van der Waals surface area contributed by atoms with Gasteiger partial charge in [-0.1, -0.05) is 24.3 Å². The third-order valence-electron chi connectivity index (χ3n) is 4.38. The van der Waals surface area contributed by atoms with Gasteiger partial charge in [-0.2, -0.15) is 0 Å². The number of carbonyl (C=O) groups excluding carboxylic acids is 1. The Balaban J connectivity index is 1.32. The molecule has 1 N–H and O–H groups in total.